The van der Waals surface area contributed by atoms with Crippen LogP contribution in [0, 0.1) is 0 Å². The van der Waals surface area contributed by atoms with E-state index in [0.717, 1.165) is 21.9 Å². The number of benzene rings is 10. The van der Waals surface area contributed by atoms with Crippen LogP contribution in [0.5, 0.6) is 0 Å². The fraction of sp³-hybridized carbons (Fsp3) is 0. The third kappa shape index (κ3) is 4.71. The normalized spacial score (nSPS) is 11.8. The van der Waals surface area contributed by atoms with Crippen molar-refractivity contribution in [3.8, 4) is 44.5 Å². The molecule has 0 atom stereocenters. The van der Waals surface area contributed by atoms with Crippen LogP contribution in [0.2, 0.25) is 0 Å². The van der Waals surface area contributed by atoms with E-state index in [1.54, 1.807) is 0 Å². The lowest BCUT2D eigenvalue weighted by Crippen LogP contribution is -1.86. The summed E-state index contributed by atoms with van der Waals surface area (Å²) in [6, 6.07) is 70.4. The van der Waals surface area contributed by atoms with E-state index in [1.165, 1.54) is 87.6 Å². The summed E-state index contributed by atoms with van der Waals surface area (Å²) in [5.74, 6) is 0. The molecule has 0 N–H and O–H groups in total. The standard InChI is InChI=1S/C52H32O/c1-3-13-39-33(9-1)11-5-15-41(39)35-21-25-37(26-22-35)43-29-31-49-51-45(43)17-7-19-47(51)48-20-8-18-46-44(30-32-50(53-49)52(46)48)38-27-23-36(24-28-38)42-16-6-12-34-10-2-4-14-40(34)42/h1-32H. The van der Waals surface area contributed by atoms with Crippen LogP contribution in [-0.2, 0) is 0 Å². The van der Waals surface area contributed by atoms with E-state index in [-0.39, 0.29) is 0 Å². The van der Waals surface area contributed by atoms with Crippen molar-refractivity contribution in [2.75, 3.05) is 0 Å². The van der Waals surface area contributed by atoms with Crippen LogP contribution < -0.4 is 0 Å². The molecule has 1 aromatic heterocycles. The van der Waals surface area contributed by atoms with Crippen molar-refractivity contribution in [2.24, 2.45) is 0 Å². The van der Waals surface area contributed by atoms with Gasteiger partial charge in [0.1, 0.15) is 11.2 Å². The van der Waals surface area contributed by atoms with Crippen molar-refractivity contribution in [3.63, 3.8) is 0 Å². The molecule has 0 aliphatic rings. The summed E-state index contributed by atoms with van der Waals surface area (Å²) in [5.41, 5.74) is 11.5. The zero-order valence-electron chi connectivity index (χ0n) is 28.9. The van der Waals surface area contributed by atoms with Crippen molar-refractivity contribution in [1.29, 1.82) is 0 Å². The Hall–Kier alpha value is -6.96. The van der Waals surface area contributed by atoms with Gasteiger partial charge in [0.15, 0.2) is 0 Å². The molecule has 11 rings (SSSR count). The molecule has 1 nitrogen and oxygen atoms in total. The second kappa shape index (κ2) is 11.8. The van der Waals surface area contributed by atoms with E-state index in [1.807, 2.05) is 0 Å². The fourth-order valence-electron chi connectivity index (χ4n) is 8.60. The molecule has 53 heavy (non-hydrogen) atoms. The first-order valence-electron chi connectivity index (χ1n) is 18.3. The van der Waals surface area contributed by atoms with Crippen LogP contribution in [-0.4, -0.2) is 0 Å². The maximum Gasteiger partial charge on any atom is 0.135 e. The third-order valence-corrected chi connectivity index (χ3v) is 11.1. The van der Waals surface area contributed by atoms with Gasteiger partial charge < -0.3 is 4.42 Å². The molecule has 0 amide bonds. The Morgan fingerprint density at radius 3 is 0.981 bits per heavy atom. The first-order chi connectivity index (χ1) is 26.3. The van der Waals surface area contributed by atoms with Crippen LogP contribution in [0.4, 0.5) is 0 Å². The molecule has 0 radical (unpaired) electrons. The van der Waals surface area contributed by atoms with Gasteiger partial charge in [-0.3, -0.25) is 0 Å². The smallest absolute Gasteiger partial charge is 0.135 e. The summed E-state index contributed by atoms with van der Waals surface area (Å²) in [5, 5.41) is 12.1. The van der Waals surface area contributed by atoms with Gasteiger partial charge in [0.25, 0.3) is 0 Å². The number of fused-ring (bicyclic) bond motifs is 3. The quantitative estimate of drug-likeness (QED) is 0.181. The van der Waals surface area contributed by atoms with Gasteiger partial charge in [0.05, 0.1) is 0 Å². The molecular weight excluding hydrogens is 641 g/mol. The van der Waals surface area contributed by atoms with Gasteiger partial charge in [0.2, 0.25) is 0 Å². The van der Waals surface area contributed by atoms with Crippen molar-refractivity contribution in [3.05, 3.63) is 194 Å². The van der Waals surface area contributed by atoms with E-state index < -0.39 is 0 Å². The molecule has 0 spiro atoms. The average Bonchev–Trinajstić information content (AvgIpc) is 3.37. The SMILES string of the molecule is c1ccc2c(-c3ccc(-c4ccc5oc6ccc(-c7ccc(-c8cccc9ccccc89)cc7)c7cccc(c8cccc4c58)c67)cc3)cccc2c1. The van der Waals surface area contributed by atoms with E-state index >= 15 is 0 Å². The topological polar surface area (TPSA) is 13.1 Å². The van der Waals surface area contributed by atoms with Crippen LogP contribution in [0.15, 0.2) is 199 Å². The van der Waals surface area contributed by atoms with Gasteiger partial charge in [-0.05, 0) is 99.7 Å². The molecule has 0 aliphatic heterocycles. The second-order valence-corrected chi connectivity index (χ2v) is 14.0. The molecule has 10 aromatic carbocycles. The largest absolute Gasteiger partial charge is 0.456 e. The lowest BCUT2D eigenvalue weighted by Gasteiger charge is -2.11. The number of rotatable bonds is 4. The highest BCUT2D eigenvalue weighted by atomic mass is 16.3. The van der Waals surface area contributed by atoms with E-state index in [9.17, 15) is 0 Å². The molecule has 11 aromatic rings. The molecule has 0 bridgehead atoms. The van der Waals surface area contributed by atoms with Crippen LogP contribution in [0.3, 0.4) is 0 Å². The highest BCUT2D eigenvalue weighted by molar-refractivity contribution is 6.26. The molecule has 246 valence electrons. The van der Waals surface area contributed by atoms with Gasteiger partial charge in [-0.1, -0.05) is 182 Å². The van der Waals surface area contributed by atoms with Crippen LogP contribution in [0.25, 0.3) is 110 Å². The van der Waals surface area contributed by atoms with Gasteiger partial charge in [0, 0.05) is 10.8 Å². The highest BCUT2D eigenvalue weighted by Gasteiger charge is 2.16. The van der Waals surface area contributed by atoms with Crippen LogP contribution >= 0.6 is 0 Å². The first kappa shape index (κ1) is 29.7. The second-order valence-electron chi connectivity index (χ2n) is 14.0. The van der Waals surface area contributed by atoms with Crippen LogP contribution in [0.1, 0.15) is 0 Å². The number of hydrogen-bond donors (Lipinski definition) is 0. The Kier molecular flexibility index (Phi) is 6.62. The average molecular weight is 673 g/mol. The Bertz CT molecular complexity index is 2970. The maximum atomic E-state index is 6.86. The molecular formula is C52H32O. The summed E-state index contributed by atoms with van der Waals surface area (Å²) >= 11 is 0. The highest BCUT2D eigenvalue weighted by Crippen LogP contribution is 2.43. The van der Waals surface area contributed by atoms with Crippen molar-refractivity contribution in [2.45, 2.75) is 0 Å². The summed E-state index contributed by atoms with van der Waals surface area (Å²) in [7, 11) is 0. The van der Waals surface area contributed by atoms with Gasteiger partial charge in [-0.25, -0.2) is 0 Å². The molecule has 0 fully saturated rings. The summed E-state index contributed by atoms with van der Waals surface area (Å²) in [6.45, 7) is 0. The third-order valence-electron chi connectivity index (χ3n) is 11.1. The minimum atomic E-state index is 0.886. The fourth-order valence-corrected chi connectivity index (χ4v) is 8.60. The zero-order chi connectivity index (χ0) is 34.9. The summed E-state index contributed by atoms with van der Waals surface area (Å²) in [6.07, 6.45) is 0. The number of hydrogen-bond acceptors (Lipinski definition) is 1. The van der Waals surface area contributed by atoms with Crippen molar-refractivity contribution < 1.29 is 4.42 Å². The van der Waals surface area contributed by atoms with E-state index in [0.29, 0.717) is 0 Å². The van der Waals surface area contributed by atoms with Gasteiger partial charge >= 0.3 is 0 Å². The van der Waals surface area contributed by atoms with Gasteiger partial charge in [-0.2, -0.15) is 0 Å². The lowest BCUT2D eigenvalue weighted by molar-refractivity contribution is 0.664. The van der Waals surface area contributed by atoms with Crippen molar-refractivity contribution >= 4 is 65.0 Å². The minimum Gasteiger partial charge on any atom is -0.456 e. The van der Waals surface area contributed by atoms with E-state index in [2.05, 4.69) is 194 Å². The molecule has 0 saturated carbocycles. The Morgan fingerprint density at radius 2 is 0.547 bits per heavy atom. The molecule has 1 heteroatoms. The minimum absolute atomic E-state index is 0.886. The van der Waals surface area contributed by atoms with Crippen molar-refractivity contribution in [1.82, 2.24) is 0 Å². The Balaban J connectivity index is 1.05. The lowest BCUT2D eigenvalue weighted by atomic mass is 9.91. The van der Waals surface area contributed by atoms with E-state index in [4.69, 9.17) is 4.42 Å². The Labute approximate surface area is 307 Å². The maximum absolute atomic E-state index is 6.86. The molecule has 0 unspecified atom stereocenters. The monoisotopic (exact) mass is 672 g/mol. The Morgan fingerprint density at radius 1 is 0.226 bits per heavy atom. The predicted octanol–water partition coefficient (Wildman–Crippen LogP) is 14.9. The molecule has 1 heterocycles. The predicted molar refractivity (Wildman–Crippen MR) is 225 cm³/mol. The van der Waals surface area contributed by atoms with Gasteiger partial charge in [-0.15, -0.1) is 0 Å². The summed E-state index contributed by atoms with van der Waals surface area (Å²) < 4.78 is 6.86. The molecule has 0 aliphatic carbocycles. The zero-order valence-corrected chi connectivity index (χ0v) is 28.9. The first-order valence-corrected chi connectivity index (χ1v) is 18.3. The molecule has 0 saturated heterocycles. The summed E-state index contributed by atoms with van der Waals surface area (Å²) in [4.78, 5) is 0.